The van der Waals surface area contributed by atoms with Crippen LogP contribution >= 0.6 is 0 Å². The van der Waals surface area contributed by atoms with Gasteiger partial charge in [-0.25, -0.2) is 0 Å². The second kappa shape index (κ2) is 6.74. The zero-order valence-electron chi connectivity index (χ0n) is 12.5. The van der Waals surface area contributed by atoms with Gasteiger partial charge in [-0.15, -0.1) is 0 Å². The Balaban J connectivity index is 2.11. The minimum absolute atomic E-state index is 0.249. The lowest BCUT2D eigenvalue weighted by Crippen LogP contribution is -2.50. The minimum atomic E-state index is -0.653. The van der Waals surface area contributed by atoms with Gasteiger partial charge in [0.05, 0.1) is 6.54 Å². The van der Waals surface area contributed by atoms with Crippen LogP contribution in [0.5, 0.6) is 0 Å². The third kappa shape index (κ3) is 3.71. The Morgan fingerprint density at radius 1 is 1.11 bits per heavy atom. The molecule has 0 spiro atoms. The SMILES string of the molecule is CC(C)C1CCCCC1N(CC(=O)O)C1CCCC1. The molecular weight excluding hydrogens is 238 g/mol. The van der Waals surface area contributed by atoms with Crippen molar-refractivity contribution in [3.05, 3.63) is 0 Å². The molecule has 0 saturated heterocycles. The van der Waals surface area contributed by atoms with Crippen LogP contribution in [0.4, 0.5) is 0 Å². The molecule has 0 aromatic carbocycles. The number of hydrogen-bond acceptors (Lipinski definition) is 2. The highest BCUT2D eigenvalue weighted by Crippen LogP contribution is 2.37. The maximum Gasteiger partial charge on any atom is 0.317 e. The molecule has 3 heteroatoms. The summed E-state index contributed by atoms with van der Waals surface area (Å²) < 4.78 is 0. The quantitative estimate of drug-likeness (QED) is 0.828. The maximum atomic E-state index is 11.2. The van der Waals surface area contributed by atoms with Gasteiger partial charge in [-0.3, -0.25) is 9.69 Å². The van der Waals surface area contributed by atoms with E-state index in [4.69, 9.17) is 0 Å². The zero-order chi connectivity index (χ0) is 13.8. The molecule has 2 rings (SSSR count). The predicted octanol–water partition coefficient (Wildman–Crippen LogP) is 3.53. The molecule has 110 valence electrons. The van der Waals surface area contributed by atoms with Crippen molar-refractivity contribution in [1.82, 2.24) is 4.90 Å². The number of hydrogen-bond donors (Lipinski definition) is 1. The first-order valence-corrected chi connectivity index (χ1v) is 8.07. The molecular formula is C16H29NO2. The van der Waals surface area contributed by atoms with E-state index >= 15 is 0 Å². The topological polar surface area (TPSA) is 40.5 Å². The molecule has 1 N–H and O–H groups in total. The number of carbonyl (C=O) groups is 1. The van der Waals surface area contributed by atoms with E-state index in [2.05, 4.69) is 18.7 Å². The molecule has 2 fully saturated rings. The van der Waals surface area contributed by atoms with Crippen LogP contribution in [-0.2, 0) is 4.79 Å². The first-order chi connectivity index (χ1) is 9.09. The number of aliphatic carboxylic acids is 1. The third-order valence-electron chi connectivity index (χ3n) is 5.18. The van der Waals surface area contributed by atoms with Crippen molar-refractivity contribution in [3.63, 3.8) is 0 Å². The molecule has 19 heavy (non-hydrogen) atoms. The van der Waals surface area contributed by atoms with Crippen molar-refractivity contribution in [2.75, 3.05) is 6.54 Å². The molecule has 3 nitrogen and oxygen atoms in total. The molecule has 0 aliphatic heterocycles. The standard InChI is InChI=1S/C16H29NO2/c1-12(2)14-9-5-6-10-15(14)17(11-16(18)19)13-7-3-4-8-13/h12-15H,3-11H2,1-2H3,(H,18,19). The maximum absolute atomic E-state index is 11.2. The van der Waals surface area contributed by atoms with Gasteiger partial charge >= 0.3 is 5.97 Å². The summed E-state index contributed by atoms with van der Waals surface area (Å²) in [5.41, 5.74) is 0. The normalized spacial score (nSPS) is 29.3. The van der Waals surface area contributed by atoms with Gasteiger partial charge in [-0.1, -0.05) is 39.5 Å². The van der Waals surface area contributed by atoms with Gasteiger partial charge < -0.3 is 5.11 Å². The summed E-state index contributed by atoms with van der Waals surface area (Å²) >= 11 is 0. The van der Waals surface area contributed by atoms with E-state index in [1.54, 1.807) is 0 Å². The van der Waals surface area contributed by atoms with Gasteiger partial charge in [0, 0.05) is 12.1 Å². The third-order valence-corrected chi connectivity index (χ3v) is 5.18. The van der Waals surface area contributed by atoms with Crippen LogP contribution in [0.1, 0.15) is 65.2 Å². The van der Waals surface area contributed by atoms with Gasteiger partial charge in [-0.2, -0.15) is 0 Å². The average molecular weight is 267 g/mol. The van der Waals surface area contributed by atoms with Crippen LogP contribution in [0.25, 0.3) is 0 Å². The first kappa shape index (κ1) is 14.8. The Labute approximate surface area is 117 Å². The van der Waals surface area contributed by atoms with Gasteiger partial charge in [0.15, 0.2) is 0 Å². The molecule has 0 bridgehead atoms. The lowest BCUT2D eigenvalue weighted by Gasteiger charge is -2.44. The predicted molar refractivity (Wildman–Crippen MR) is 77.2 cm³/mol. The van der Waals surface area contributed by atoms with E-state index < -0.39 is 5.97 Å². The monoisotopic (exact) mass is 267 g/mol. The molecule has 2 unspecified atom stereocenters. The Kier molecular flexibility index (Phi) is 5.26. The lowest BCUT2D eigenvalue weighted by atomic mass is 9.76. The highest BCUT2D eigenvalue weighted by molar-refractivity contribution is 5.69. The summed E-state index contributed by atoms with van der Waals surface area (Å²) in [7, 11) is 0. The second-order valence-corrected chi connectivity index (χ2v) is 6.76. The van der Waals surface area contributed by atoms with E-state index in [1.807, 2.05) is 0 Å². The summed E-state index contributed by atoms with van der Waals surface area (Å²) in [5, 5.41) is 9.26. The molecule has 2 aliphatic rings. The van der Waals surface area contributed by atoms with Crippen molar-refractivity contribution in [3.8, 4) is 0 Å². The van der Waals surface area contributed by atoms with E-state index in [0.717, 1.165) is 0 Å². The molecule has 0 aromatic rings. The Hall–Kier alpha value is -0.570. The van der Waals surface area contributed by atoms with Gasteiger partial charge in [0.2, 0.25) is 0 Å². The van der Waals surface area contributed by atoms with Gasteiger partial charge in [-0.05, 0) is 37.5 Å². The minimum Gasteiger partial charge on any atom is -0.480 e. The summed E-state index contributed by atoms with van der Waals surface area (Å²) in [6.07, 6.45) is 10.0. The fraction of sp³-hybridized carbons (Fsp3) is 0.938. The largest absolute Gasteiger partial charge is 0.480 e. The molecule has 0 aromatic heterocycles. The van der Waals surface area contributed by atoms with Crippen molar-refractivity contribution in [1.29, 1.82) is 0 Å². The van der Waals surface area contributed by atoms with E-state index in [-0.39, 0.29) is 6.54 Å². The molecule has 2 atom stereocenters. The Morgan fingerprint density at radius 2 is 1.68 bits per heavy atom. The van der Waals surface area contributed by atoms with Crippen LogP contribution in [0.15, 0.2) is 0 Å². The van der Waals surface area contributed by atoms with Crippen molar-refractivity contribution >= 4 is 5.97 Å². The van der Waals surface area contributed by atoms with E-state index in [0.29, 0.717) is 23.9 Å². The molecule has 2 saturated carbocycles. The van der Waals surface area contributed by atoms with Crippen LogP contribution in [0.2, 0.25) is 0 Å². The molecule has 0 radical (unpaired) electrons. The highest BCUT2D eigenvalue weighted by atomic mass is 16.4. The fourth-order valence-electron chi connectivity index (χ4n) is 4.24. The highest BCUT2D eigenvalue weighted by Gasteiger charge is 2.37. The number of carboxylic acids is 1. The number of rotatable bonds is 5. The number of nitrogens with zero attached hydrogens (tertiary/aromatic N) is 1. The first-order valence-electron chi connectivity index (χ1n) is 8.07. The van der Waals surface area contributed by atoms with Gasteiger partial charge in [0.25, 0.3) is 0 Å². The van der Waals surface area contributed by atoms with Crippen LogP contribution < -0.4 is 0 Å². The summed E-state index contributed by atoms with van der Waals surface area (Å²) in [6.45, 7) is 4.85. The Morgan fingerprint density at radius 3 is 2.26 bits per heavy atom. The smallest absolute Gasteiger partial charge is 0.317 e. The number of carboxylic acid groups (broad SMARTS) is 1. The van der Waals surface area contributed by atoms with E-state index in [9.17, 15) is 9.90 Å². The zero-order valence-corrected chi connectivity index (χ0v) is 12.5. The molecule has 0 amide bonds. The second-order valence-electron chi connectivity index (χ2n) is 6.76. The average Bonchev–Trinajstić information content (AvgIpc) is 2.89. The Bertz CT molecular complexity index is 297. The van der Waals surface area contributed by atoms with Crippen LogP contribution in [0, 0.1) is 11.8 Å². The summed E-state index contributed by atoms with van der Waals surface area (Å²) in [6, 6.07) is 1.04. The summed E-state index contributed by atoms with van der Waals surface area (Å²) in [4.78, 5) is 13.6. The van der Waals surface area contributed by atoms with Crippen LogP contribution in [-0.4, -0.2) is 34.6 Å². The van der Waals surface area contributed by atoms with Crippen molar-refractivity contribution in [2.45, 2.75) is 77.3 Å². The fourth-order valence-corrected chi connectivity index (χ4v) is 4.24. The lowest BCUT2D eigenvalue weighted by molar-refractivity contribution is -0.140. The van der Waals surface area contributed by atoms with Crippen molar-refractivity contribution in [2.24, 2.45) is 11.8 Å². The van der Waals surface area contributed by atoms with Crippen LogP contribution in [0.3, 0.4) is 0 Å². The van der Waals surface area contributed by atoms with E-state index in [1.165, 1.54) is 51.4 Å². The van der Waals surface area contributed by atoms with Gasteiger partial charge in [0.1, 0.15) is 0 Å². The van der Waals surface area contributed by atoms with Crippen molar-refractivity contribution < 1.29 is 9.90 Å². The molecule has 2 aliphatic carbocycles. The molecule has 0 heterocycles. The summed E-state index contributed by atoms with van der Waals surface area (Å²) in [5.74, 6) is 0.705.